The standard InChI is InChI=1S/C22H22N6OS/c1-13-8-9-16-15(11-13)20(27-26-16)21(29)28-10-4-6-18(28)17-5-3-7-19(24-17)25-22-23-14(2)12-30-22/h3,5,7-9,11-12,18H,4,6,10H2,1-2H3,(H,26,27)(H,23,24,25)/t18-/m0/s1. The van der Waals surface area contributed by atoms with E-state index in [0.717, 1.165) is 51.6 Å². The summed E-state index contributed by atoms with van der Waals surface area (Å²) in [5.74, 6) is 0.687. The number of carbonyl (C=O) groups is 1. The van der Waals surface area contributed by atoms with E-state index in [-0.39, 0.29) is 11.9 Å². The molecule has 1 aliphatic heterocycles. The molecule has 1 amide bonds. The fraction of sp³-hybridized carbons (Fsp3) is 0.273. The number of likely N-dealkylation sites (tertiary alicyclic amines) is 1. The molecule has 30 heavy (non-hydrogen) atoms. The number of rotatable bonds is 4. The number of hydrogen-bond donors (Lipinski definition) is 2. The number of aromatic nitrogens is 4. The van der Waals surface area contributed by atoms with Crippen LogP contribution in [0, 0.1) is 13.8 Å². The Morgan fingerprint density at radius 2 is 2.13 bits per heavy atom. The molecule has 5 rings (SSSR count). The molecule has 1 aliphatic rings. The molecule has 0 spiro atoms. The minimum absolute atomic E-state index is 0.0509. The number of carbonyl (C=O) groups excluding carboxylic acids is 1. The number of fused-ring (bicyclic) bond motifs is 1. The summed E-state index contributed by atoms with van der Waals surface area (Å²) in [6, 6.07) is 11.8. The minimum Gasteiger partial charge on any atom is -0.329 e. The Labute approximate surface area is 178 Å². The van der Waals surface area contributed by atoms with Crippen LogP contribution in [0.5, 0.6) is 0 Å². The van der Waals surface area contributed by atoms with Gasteiger partial charge in [-0.1, -0.05) is 17.7 Å². The number of hydrogen-bond acceptors (Lipinski definition) is 6. The van der Waals surface area contributed by atoms with Crippen LogP contribution in [0.2, 0.25) is 0 Å². The van der Waals surface area contributed by atoms with E-state index in [2.05, 4.69) is 20.5 Å². The van der Waals surface area contributed by atoms with Crippen molar-refractivity contribution in [1.82, 2.24) is 25.1 Å². The fourth-order valence-electron chi connectivity index (χ4n) is 3.97. The van der Waals surface area contributed by atoms with Crippen LogP contribution in [0.3, 0.4) is 0 Å². The van der Waals surface area contributed by atoms with Gasteiger partial charge in [0.05, 0.1) is 22.9 Å². The topological polar surface area (TPSA) is 86.8 Å². The summed E-state index contributed by atoms with van der Waals surface area (Å²) < 4.78 is 0. The fourth-order valence-corrected chi connectivity index (χ4v) is 4.67. The average Bonchev–Trinajstić information content (AvgIpc) is 3.47. The molecule has 0 aliphatic carbocycles. The summed E-state index contributed by atoms with van der Waals surface area (Å²) in [6.07, 6.45) is 1.84. The molecule has 0 unspecified atom stereocenters. The van der Waals surface area contributed by atoms with Crippen LogP contribution < -0.4 is 5.32 Å². The maximum absolute atomic E-state index is 13.4. The van der Waals surface area contributed by atoms with Crippen molar-refractivity contribution in [2.75, 3.05) is 11.9 Å². The van der Waals surface area contributed by atoms with Crippen LogP contribution in [-0.4, -0.2) is 37.5 Å². The minimum atomic E-state index is -0.0613. The lowest BCUT2D eigenvalue weighted by atomic mass is 10.1. The Kier molecular flexibility index (Phi) is 4.71. The van der Waals surface area contributed by atoms with Gasteiger partial charge in [0.25, 0.3) is 5.91 Å². The molecule has 4 aromatic rings. The van der Waals surface area contributed by atoms with Gasteiger partial charge in [0.1, 0.15) is 5.82 Å². The third kappa shape index (κ3) is 3.43. The third-order valence-electron chi connectivity index (χ3n) is 5.40. The van der Waals surface area contributed by atoms with Gasteiger partial charge in [0, 0.05) is 17.3 Å². The predicted molar refractivity (Wildman–Crippen MR) is 118 cm³/mol. The third-order valence-corrected chi connectivity index (χ3v) is 6.28. The van der Waals surface area contributed by atoms with E-state index in [1.807, 2.05) is 60.5 Å². The number of amides is 1. The molecule has 1 fully saturated rings. The zero-order valence-electron chi connectivity index (χ0n) is 16.8. The van der Waals surface area contributed by atoms with Gasteiger partial charge in [-0.3, -0.25) is 9.89 Å². The molecule has 1 saturated heterocycles. The predicted octanol–water partition coefficient (Wildman–Crippen LogP) is 4.75. The van der Waals surface area contributed by atoms with Gasteiger partial charge in [0.2, 0.25) is 0 Å². The van der Waals surface area contributed by atoms with E-state index >= 15 is 0 Å². The Morgan fingerprint density at radius 1 is 1.23 bits per heavy atom. The lowest BCUT2D eigenvalue weighted by Crippen LogP contribution is -2.31. The zero-order chi connectivity index (χ0) is 20.7. The highest BCUT2D eigenvalue weighted by Crippen LogP contribution is 2.34. The number of aromatic amines is 1. The van der Waals surface area contributed by atoms with E-state index in [1.165, 1.54) is 0 Å². The van der Waals surface area contributed by atoms with Gasteiger partial charge in [0.15, 0.2) is 10.8 Å². The monoisotopic (exact) mass is 418 g/mol. The number of nitrogens with one attached hydrogen (secondary N) is 2. The number of benzene rings is 1. The van der Waals surface area contributed by atoms with Gasteiger partial charge < -0.3 is 10.2 Å². The summed E-state index contributed by atoms with van der Waals surface area (Å²) >= 11 is 1.55. The first kappa shape index (κ1) is 18.7. The SMILES string of the molecule is Cc1ccc2[nH]nc(C(=O)N3CCC[C@H]3c3cccc(Nc4nc(C)cs4)n3)c2c1. The molecule has 0 radical (unpaired) electrons. The summed E-state index contributed by atoms with van der Waals surface area (Å²) in [4.78, 5) is 24.5. The van der Waals surface area contributed by atoms with Gasteiger partial charge in [-0.25, -0.2) is 9.97 Å². The van der Waals surface area contributed by atoms with Gasteiger partial charge in [-0.05, 0) is 51.0 Å². The summed E-state index contributed by atoms with van der Waals surface area (Å²) in [6.45, 7) is 4.69. The van der Waals surface area contributed by atoms with Crippen molar-refractivity contribution in [3.05, 3.63) is 64.4 Å². The maximum atomic E-state index is 13.4. The molecule has 1 aromatic carbocycles. The smallest absolute Gasteiger partial charge is 0.275 e. The van der Waals surface area contributed by atoms with E-state index in [9.17, 15) is 4.79 Å². The molecule has 8 heteroatoms. The molecule has 0 bridgehead atoms. The highest BCUT2D eigenvalue weighted by molar-refractivity contribution is 7.13. The molecular weight excluding hydrogens is 396 g/mol. The van der Waals surface area contributed by atoms with Crippen molar-refractivity contribution in [2.24, 2.45) is 0 Å². The van der Waals surface area contributed by atoms with Crippen LogP contribution in [-0.2, 0) is 0 Å². The van der Waals surface area contributed by atoms with Crippen LogP contribution in [0.4, 0.5) is 10.9 Å². The van der Waals surface area contributed by atoms with Crippen molar-refractivity contribution in [2.45, 2.75) is 32.7 Å². The van der Waals surface area contributed by atoms with Crippen LogP contribution in [0.1, 0.15) is 46.3 Å². The van der Waals surface area contributed by atoms with E-state index in [4.69, 9.17) is 4.98 Å². The summed E-state index contributed by atoms with van der Waals surface area (Å²) in [5.41, 5.74) is 4.33. The Hall–Kier alpha value is -3.26. The van der Waals surface area contributed by atoms with Crippen molar-refractivity contribution in [3.63, 3.8) is 0 Å². The van der Waals surface area contributed by atoms with Crippen molar-refractivity contribution < 1.29 is 4.79 Å². The first-order valence-corrected chi connectivity index (χ1v) is 10.9. The number of anilines is 2. The Balaban J connectivity index is 1.42. The quantitative estimate of drug-likeness (QED) is 0.499. The van der Waals surface area contributed by atoms with Gasteiger partial charge in [-0.2, -0.15) is 5.10 Å². The molecule has 2 N–H and O–H groups in total. The summed E-state index contributed by atoms with van der Waals surface area (Å²) in [7, 11) is 0. The molecule has 7 nitrogen and oxygen atoms in total. The van der Waals surface area contributed by atoms with Crippen molar-refractivity contribution in [1.29, 1.82) is 0 Å². The first-order valence-electron chi connectivity index (χ1n) is 10.0. The maximum Gasteiger partial charge on any atom is 0.275 e. The Bertz CT molecular complexity index is 1230. The van der Waals surface area contributed by atoms with Crippen molar-refractivity contribution >= 4 is 39.1 Å². The van der Waals surface area contributed by atoms with E-state index in [0.29, 0.717) is 12.2 Å². The van der Waals surface area contributed by atoms with Crippen LogP contribution in [0.15, 0.2) is 41.8 Å². The van der Waals surface area contributed by atoms with Gasteiger partial charge >= 0.3 is 0 Å². The lowest BCUT2D eigenvalue weighted by molar-refractivity contribution is 0.0729. The molecule has 1 atom stereocenters. The van der Waals surface area contributed by atoms with Crippen molar-refractivity contribution in [3.8, 4) is 0 Å². The van der Waals surface area contributed by atoms with Crippen LogP contribution in [0.25, 0.3) is 10.9 Å². The highest BCUT2D eigenvalue weighted by Gasteiger charge is 2.33. The second-order valence-electron chi connectivity index (χ2n) is 7.64. The number of thiazole rings is 1. The zero-order valence-corrected chi connectivity index (χ0v) is 17.7. The second-order valence-corrected chi connectivity index (χ2v) is 8.50. The van der Waals surface area contributed by atoms with E-state index in [1.54, 1.807) is 11.3 Å². The second kappa shape index (κ2) is 7.53. The summed E-state index contributed by atoms with van der Waals surface area (Å²) in [5, 5.41) is 14.3. The lowest BCUT2D eigenvalue weighted by Gasteiger charge is -2.24. The number of H-pyrrole nitrogens is 1. The van der Waals surface area contributed by atoms with Crippen LogP contribution >= 0.6 is 11.3 Å². The Morgan fingerprint density at radius 3 is 2.97 bits per heavy atom. The number of nitrogens with zero attached hydrogens (tertiary/aromatic N) is 4. The number of aryl methyl sites for hydroxylation is 2. The molecular formula is C22H22N6OS. The molecule has 3 aromatic heterocycles. The number of pyridine rings is 1. The molecule has 4 heterocycles. The first-order chi connectivity index (χ1) is 14.6. The highest BCUT2D eigenvalue weighted by atomic mass is 32.1. The molecule has 152 valence electrons. The van der Waals surface area contributed by atoms with E-state index < -0.39 is 0 Å². The van der Waals surface area contributed by atoms with Gasteiger partial charge in [-0.15, -0.1) is 11.3 Å². The molecule has 0 saturated carbocycles. The normalized spacial score (nSPS) is 16.3. The largest absolute Gasteiger partial charge is 0.329 e. The average molecular weight is 419 g/mol.